The third-order valence-corrected chi connectivity index (χ3v) is 3.06. The molecule has 0 radical (unpaired) electrons. The van der Waals surface area contributed by atoms with Gasteiger partial charge in [0.15, 0.2) is 5.96 Å². The maximum absolute atomic E-state index is 13.2. The summed E-state index contributed by atoms with van der Waals surface area (Å²) in [5.74, 6) is -1.84. The second kappa shape index (κ2) is 6.79. The monoisotopic (exact) mass is 357 g/mol. The molecule has 0 saturated carbocycles. The molecule has 0 atom stereocenters. The van der Waals surface area contributed by atoms with E-state index in [2.05, 4.69) is 4.99 Å². The fourth-order valence-electron chi connectivity index (χ4n) is 1.78. The van der Waals surface area contributed by atoms with Crippen molar-refractivity contribution >= 4 is 23.5 Å². The molecular weight excluding hydrogens is 347 g/mol. The first kappa shape index (κ1) is 17.6. The van der Waals surface area contributed by atoms with E-state index in [0.717, 1.165) is 12.1 Å². The first-order valence-corrected chi connectivity index (χ1v) is 6.83. The van der Waals surface area contributed by atoms with Gasteiger partial charge in [-0.3, -0.25) is 4.79 Å². The van der Waals surface area contributed by atoms with Crippen LogP contribution in [0.25, 0.3) is 0 Å². The highest BCUT2D eigenvalue weighted by Gasteiger charge is 2.35. The fraction of sp³-hybridized carbons (Fsp3) is 0.0667. The Morgan fingerprint density at radius 1 is 1.08 bits per heavy atom. The van der Waals surface area contributed by atoms with Gasteiger partial charge in [0.05, 0.1) is 5.56 Å². The highest BCUT2D eigenvalue weighted by molar-refractivity contribution is 6.30. The average Bonchev–Trinajstić information content (AvgIpc) is 2.48. The van der Waals surface area contributed by atoms with Crippen molar-refractivity contribution in [1.82, 2.24) is 0 Å². The lowest BCUT2D eigenvalue weighted by Crippen LogP contribution is -2.24. The summed E-state index contributed by atoms with van der Waals surface area (Å²) in [4.78, 5) is 14.9. The summed E-state index contributed by atoms with van der Waals surface area (Å²) in [6.07, 6.45) is -4.74. The van der Waals surface area contributed by atoms with Gasteiger partial charge >= 0.3 is 6.18 Å². The lowest BCUT2D eigenvalue weighted by Gasteiger charge is -2.14. The number of ether oxygens (including phenoxy) is 1. The Hall–Kier alpha value is -2.74. The van der Waals surface area contributed by atoms with Crippen LogP contribution in [0.15, 0.2) is 47.5 Å². The van der Waals surface area contributed by atoms with Gasteiger partial charge in [0.1, 0.15) is 11.5 Å². The Morgan fingerprint density at radius 2 is 1.71 bits per heavy atom. The summed E-state index contributed by atoms with van der Waals surface area (Å²) in [6.45, 7) is 0. The zero-order valence-electron chi connectivity index (χ0n) is 12.0. The van der Waals surface area contributed by atoms with Crippen LogP contribution < -0.4 is 16.2 Å². The SMILES string of the molecule is NC(N)=NC(=O)c1ccc(Oc2ccc(Cl)cc2)c(C(F)(F)F)c1. The van der Waals surface area contributed by atoms with Crippen LogP contribution in [0, 0.1) is 0 Å². The zero-order chi connectivity index (χ0) is 17.9. The minimum absolute atomic E-state index is 0.160. The predicted octanol–water partition coefficient (Wildman–Crippen LogP) is 3.56. The van der Waals surface area contributed by atoms with Crippen molar-refractivity contribution in [3.05, 3.63) is 58.6 Å². The lowest BCUT2D eigenvalue weighted by atomic mass is 10.1. The molecule has 2 aromatic rings. The number of nitrogens with two attached hydrogens (primary N) is 2. The number of guanidine groups is 1. The third-order valence-electron chi connectivity index (χ3n) is 2.80. The normalized spacial score (nSPS) is 11.0. The van der Waals surface area contributed by atoms with Crippen molar-refractivity contribution in [2.75, 3.05) is 0 Å². The largest absolute Gasteiger partial charge is 0.457 e. The second-order valence-corrected chi connectivity index (χ2v) is 5.04. The van der Waals surface area contributed by atoms with Gasteiger partial charge in [-0.2, -0.15) is 18.2 Å². The van der Waals surface area contributed by atoms with Crippen LogP contribution in [-0.4, -0.2) is 11.9 Å². The first-order chi connectivity index (χ1) is 11.2. The molecule has 0 aromatic heterocycles. The van der Waals surface area contributed by atoms with Crippen LogP contribution in [0.4, 0.5) is 13.2 Å². The van der Waals surface area contributed by atoms with E-state index in [1.54, 1.807) is 0 Å². The van der Waals surface area contributed by atoms with Gasteiger partial charge in [-0.1, -0.05) is 11.6 Å². The molecule has 0 aliphatic heterocycles. The molecule has 2 rings (SSSR count). The molecule has 0 bridgehead atoms. The van der Waals surface area contributed by atoms with Crippen molar-refractivity contribution in [1.29, 1.82) is 0 Å². The molecule has 126 valence electrons. The van der Waals surface area contributed by atoms with Crippen molar-refractivity contribution in [3.8, 4) is 11.5 Å². The first-order valence-electron chi connectivity index (χ1n) is 6.45. The predicted molar refractivity (Wildman–Crippen MR) is 83.1 cm³/mol. The number of hydrogen-bond donors (Lipinski definition) is 2. The standard InChI is InChI=1S/C15H11ClF3N3O2/c16-9-2-4-10(5-3-9)24-12-6-1-8(13(23)22-14(20)21)7-11(12)15(17,18)19/h1-7H,(H4,20,21,22,23). The minimum atomic E-state index is -4.74. The third kappa shape index (κ3) is 4.39. The molecule has 24 heavy (non-hydrogen) atoms. The van der Waals surface area contributed by atoms with Crippen LogP contribution >= 0.6 is 11.6 Å². The van der Waals surface area contributed by atoms with Gasteiger partial charge in [-0.25, -0.2) is 0 Å². The summed E-state index contributed by atoms with van der Waals surface area (Å²) in [5.41, 5.74) is 8.65. The van der Waals surface area contributed by atoms with Crippen molar-refractivity contribution in [3.63, 3.8) is 0 Å². The van der Waals surface area contributed by atoms with Gasteiger partial charge in [0.25, 0.3) is 5.91 Å². The number of alkyl halides is 3. The van der Waals surface area contributed by atoms with E-state index in [9.17, 15) is 18.0 Å². The van der Waals surface area contributed by atoms with Crippen molar-refractivity contribution in [2.45, 2.75) is 6.18 Å². The van der Waals surface area contributed by atoms with E-state index < -0.39 is 29.4 Å². The molecule has 4 N–H and O–H groups in total. The van der Waals surface area contributed by atoms with Gasteiger partial charge in [-0.15, -0.1) is 0 Å². The van der Waals surface area contributed by atoms with Crippen LogP contribution in [0.3, 0.4) is 0 Å². The number of aliphatic imine (C=N–C) groups is 1. The topological polar surface area (TPSA) is 90.7 Å². The Kier molecular flexibility index (Phi) is 4.99. The molecular formula is C15H11ClF3N3O2. The van der Waals surface area contributed by atoms with Crippen LogP contribution in [0.5, 0.6) is 11.5 Å². The summed E-state index contributed by atoms with van der Waals surface area (Å²) >= 11 is 5.71. The molecule has 0 saturated heterocycles. The van der Waals surface area contributed by atoms with E-state index in [1.165, 1.54) is 24.3 Å². The lowest BCUT2D eigenvalue weighted by molar-refractivity contribution is -0.138. The number of hydrogen-bond acceptors (Lipinski definition) is 2. The Labute approximate surface area is 139 Å². The molecule has 0 aliphatic carbocycles. The summed E-state index contributed by atoms with van der Waals surface area (Å²) < 4.78 is 44.9. The van der Waals surface area contributed by atoms with Crippen LogP contribution in [-0.2, 0) is 6.18 Å². The van der Waals surface area contributed by atoms with Crippen molar-refractivity contribution < 1.29 is 22.7 Å². The fourth-order valence-corrected chi connectivity index (χ4v) is 1.91. The Balaban J connectivity index is 2.42. The van der Waals surface area contributed by atoms with Gasteiger partial charge < -0.3 is 16.2 Å². The molecule has 0 unspecified atom stereocenters. The highest BCUT2D eigenvalue weighted by atomic mass is 35.5. The highest BCUT2D eigenvalue weighted by Crippen LogP contribution is 2.39. The summed E-state index contributed by atoms with van der Waals surface area (Å²) in [6, 6.07) is 8.56. The van der Waals surface area contributed by atoms with E-state index in [0.29, 0.717) is 11.1 Å². The number of carbonyl (C=O) groups excluding carboxylic acids is 1. The van der Waals surface area contributed by atoms with Crippen LogP contribution in [0.2, 0.25) is 5.02 Å². The minimum Gasteiger partial charge on any atom is -0.457 e. The number of nitrogens with zero attached hydrogens (tertiary/aromatic N) is 1. The van der Waals surface area contributed by atoms with Gasteiger partial charge in [0, 0.05) is 10.6 Å². The smallest absolute Gasteiger partial charge is 0.420 e. The van der Waals surface area contributed by atoms with Gasteiger partial charge in [0.2, 0.25) is 0 Å². The second-order valence-electron chi connectivity index (χ2n) is 4.61. The van der Waals surface area contributed by atoms with Crippen molar-refractivity contribution in [2.24, 2.45) is 16.5 Å². The molecule has 0 fully saturated rings. The maximum Gasteiger partial charge on any atom is 0.420 e. The number of carbonyl (C=O) groups is 1. The Bertz CT molecular complexity index is 786. The average molecular weight is 358 g/mol. The molecule has 2 aromatic carbocycles. The zero-order valence-corrected chi connectivity index (χ0v) is 12.7. The van der Waals surface area contributed by atoms with Crippen LogP contribution in [0.1, 0.15) is 15.9 Å². The van der Waals surface area contributed by atoms with E-state index >= 15 is 0 Å². The number of halogens is 4. The number of benzene rings is 2. The maximum atomic E-state index is 13.2. The van der Waals surface area contributed by atoms with E-state index in [1.807, 2.05) is 0 Å². The molecule has 1 amide bonds. The van der Waals surface area contributed by atoms with E-state index in [4.69, 9.17) is 27.8 Å². The number of amides is 1. The molecule has 5 nitrogen and oxygen atoms in total. The quantitative estimate of drug-likeness (QED) is 0.649. The molecule has 0 spiro atoms. The molecule has 0 aliphatic rings. The van der Waals surface area contributed by atoms with E-state index in [-0.39, 0.29) is 11.3 Å². The molecule has 0 heterocycles. The molecule has 9 heteroatoms. The summed E-state index contributed by atoms with van der Waals surface area (Å²) in [7, 11) is 0. The number of rotatable bonds is 3. The summed E-state index contributed by atoms with van der Waals surface area (Å²) in [5, 5.41) is 0.413. The Morgan fingerprint density at radius 3 is 2.25 bits per heavy atom. The van der Waals surface area contributed by atoms with Gasteiger partial charge in [-0.05, 0) is 42.5 Å².